The van der Waals surface area contributed by atoms with E-state index in [2.05, 4.69) is 72.0 Å². The number of carbonyl (C=O) groups excluding carboxylic acids is 1. The van der Waals surface area contributed by atoms with Gasteiger partial charge in [0.25, 0.3) is 0 Å². The number of hydrogen-bond acceptors (Lipinski definition) is 5. The van der Waals surface area contributed by atoms with E-state index in [4.69, 9.17) is 9.15 Å². The molecule has 5 rings (SSSR count). The molecule has 0 spiro atoms. The summed E-state index contributed by atoms with van der Waals surface area (Å²) in [5.41, 5.74) is 7.61. The third-order valence-electron chi connectivity index (χ3n) is 7.03. The summed E-state index contributed by atoms with van der Waals surface area (Å²) in [6.45, 7) is 4.09. The van der Waals surface area contributed by atoms with E-state index < -0.39 is 18.1 Å². The summed E-state index contributed by atoms with van der Waals surface area (Å²) in [4.78, 5) is 23.5. The Balaban J connectivity index is 1.24. The number of amides is 1. The van der Waals surface area contributed by atoms with Gasteiger partial charge < -0.3 is 19.6 Å². The van der Waals surface area contributed by atoms with Gasteiger partial charge in [0.1, 0.15) is 17.4 Å². The fraction of sp³-hybridized carbons (Fsp3) is 0.222. The zero-order chi connectivity index (χ0) is 30.2. The van der Waals surface area contributed by atoms with Gasteiger partial charge in [-0.25, -0.2) is 9.59 Å². The standard InChI is InChI=1S/C36H35NO5S/c1-24(2)21-41-36(40)37-31(35(38)39)23-43-22-26-12-14-27(15-13-26)28-16-18-29(19-17-28)34-30-10-6-7-11-32(30)42-33(34)20-25-8-4-3-5-9-25/h3-19,24,31H,20-23H2,1-2H3,(H,37,40)(H,38,39)/t31-/m0/s1. The van der Waals surface area contributed by atoms with Crippen molar-refractivity contribution in [3.63, 3.8) is 0 Å². The molecule has 0 fully saturated rings. The lowest BCUT2D eigenvalue weighted by molar-refractivity contribution is -0.138. The minimum Gasteiger partial charge on any atom is -0.480 e. The first-order chi connectivity index (χ1) is 20.9. The van der Waals surface area contributed by atoms with Crippen LogP contribution in [0.5, 0.6) is 0 Å². The summed E-state index contributed by atoms with van der Waals surface area (Å²) in [7, 11) is 0. The molecule has 1 heterocycles. The van der Waals surface area contributed by atoms with Crippen molar-refractivity contribution in [2.45, 2.75) is 32.1 Å². The lowest BCUT2D eigenvalue weighted by Gasteiger charge is -2.15. The number of benzene rings is 4. The SMILES string of the molecule is CC(C)COC(=O)N[C@@H](CSCc1ccc(-c2ccc(-c3c(Cc4ccccc4)oc4ccccc34)cc2)cc1)C(=O)O. The molecule has 0 bridgehead atoms. The quantitative estimate of drug-likeness (QED) is 0.151. The van der Waals surface area contributed by atoms with Gasteiger partial charge in [-0.15, -0.1) is 0 Å². The Morgan fingerprint density at radius 3 is 2.12 bits per heavy atom. The highest BCUT2D eigenvalue weighted by molar-refractivity contribution is 7.98. The Hall–Kier alpha value is -4.49. The molecule has 6 nitrogen and oxygen atoms in total. The van der Waals surface area contributed by atoms with Crippen LogP contribution in [0.25, 0.3) is 33.2 Å². The number of aliphatic carboxylic acids is 1. The first kappa shape index (κ1) is 30.0. The van der Waals surface area contributed by atoms with Crippen LogP contribution in [0.4, 0.5) is 4.79 Å². The first-order valence-corrected chi connectivity index (χ1v) is 15.5. The number of carboxylic acids is 1. The average Bonchev–Trinajstić information content (AvgIpc) is 3.38. The van der Waals surface area contributed by atoms with Crippen molar-refractivity contribution in [2.24, 2.45) is 5.92 Å². The van der Waals surface area contributed by atoms with E-state index in [9.17, 15) is 14.7 Å². The van der Waals surface area contributed by atoms with E-state index in [0.717, 1.165) is 51.0 Å². The molecule has 0 radical (unpaired) electrons. The monoisotopic (exact) mass is 593 g/mol. The Morgan fingerprint density at radius 2 is 1.44 bits per heavy atom. The van der Waals surface area contributed by atoms with Gasteiger partial charge in [0.2, 0.25) is 0 Å². The summed E-state index contributed by atoms with van der Waals surface area (Å²) in [6, 6.07) is 34.3. The van der Waals surface area contributed by atoms with E-state index in [1.165, 1.54) is 17.3 Å². The van der Waals surface area contributed by atoms with Gasteiger partial charge >= 0.3 is 12.1 Å². The third-order valence-corrected chi connectivity index (χ3v) is 8.13. The molecule has 4 aromatic carbocycles. The maximum Gasteiger partial charge on any atom is 0.407 e. The van der Waals surface area contributed by atoms with Gasteiger partial charge in [0.05, 0.1) is 6.61 Å². The molecule has 1 atom stereocenters. The van der Waals surface area contributed by atoms with Crippen LogP contribution in [-0.2, 0) is 21.7 Å². The van der Waals surface area contributed by atoms with Gasteiger partial charge in [-0.2, -0.15) is 11.8 Å². The fourth-order valence-corrected chi connectivity index (χ4v) is 5.84. The molecule has 220 valence electrons. The molecule has 0 aliphatic rings. The first-order valence-electron chi connectivity index (χ1n) is 14.4. The number of alkyl carbamates (subject to hydrolysis) is 1. The topological polar surface area (TPSA) is 88.8 Å². The highest BCUT2D eigenvalue weighted by atomic mass is 32.2. The molecule has 0 saturated heterocycles. The van der Waals surface area contributed by atoms with Gasteiger partial charge in [0, 0.05) is 28.9 Å². The molecule has 2 N–H and O–H groups in total. The summed E-state index contributed by atoms with van der Waals surface area (Å²) in [6.07, 6.45) is 0.0165. The summed E-state index contributed by atoms with van der Waals surface area (Å²) in [5, 5.41) is 13.0. The minimum atomic E-state index is -1.08. The Bertz CT molecular complexity index is 1660. The highest BCUT2D eigenvalue weighted by Gasteiger charge is 2.21. The summed E-state index contributed by atoms with van der Waals surface area (Å²) < 4.78 is 11.4. The van der Waals surface area contributed by atoms with Gasteiger partial charge in [-0.05, 0) is 39.8 Å². The molecule has 5 aromatic rings. The number of rotatable bonds is 12. The number of carboxylic acid groups (broad SMARTS) is 1. The molecule has 7 heteroatoms. The number of para-hydroxylation sites is 1. The van der Waals surface area contributed by atoms with E-state index in [-0.39, 0.29) is 18.3 Å². The minimum absolute atomic E-state index is 0.180. The molecule has 43 heavy (non-hydrogen) atoms. The van der Waals surface area contributed by atoms with Crippen molar-refractivity contribution in [2.75, 3.05) is 12.4 Å². The Labute approximate surface area is 256 Å². The van der Waals surface area contributed by atoms with Gasteiger partial charge in [-0.3, -0.25) is 0 Å². The maximum absolute atomic E-state index is 11.9. The summed E-state index contributed by atoms with van der Waals surface area (Å²) in [5.74, 6) is 0.922. The van der Waals surface area contributed by atoms with Crippen molar-refractivity contribution in [3.05, 3.63) is 120 Å². The molecule has 0 aliphatic carbocycles. The second kappa shape index (κ2) is 14.1. The number of fused-ring (bicyclic) bond motifs is 1. The van der Waals surface area contributed by atoms with Crippen LogP contribution < -0.4 is 5.32 Å². The number of carbonyl (C=O) groups is 2. The van der Waals surface area contributed by atoms with Gasteiger partial charge in [0.15, 0.2) is 0 Å². The van der Waals surface area contributed by atoms with Crippen molar-refractivity contribution >= 4 is 34.8 Å². The Morgan fingerprint density at radius 1 is 0.814 bits per heavy atom. The number of nitrogens with one attached hydrogen (secondary N) is 1. The van der Waals surface area contributed by atoms with Crippen LogP contribution in [0.2, 0.25) is 0 Å². The lowest BCUT2D eigenvalue weighted by Crippen LogP contribution is -2.43. The number of thioether (sulfide) groups is 1. The van der Waals surface area contributed by atoms with Crippen molar-refractivity contribution in [3.8, 4) is 22.3 Å². The number of hydrogen-bond donors (Lipinski definition) is 2. The molecule has 0 saturated carbocycles. The second-order valence-electron chi connectivity index (χ2n) is 10.9. The van der Waals surface area contributed by atoms with Crippen LogP contribution in [0.1, 0.15) is 30.7 Å². The number of ether oxygens (including phenoxy) is 1. The van der Waals surface area contributed by atoms with Crippen LogP contribution in [0.3, 0.4) is 0 Å². The zero-order valence-corrected chi connectivity index (χ0v) is 25.1. The third kappa shape index (κ3) is 7.87. The second-order valence-corrected chi connectivity index (χ2v) is 11.9. The van der Waals surface area contributed by atoms with Crippen molar-refractivity contribution in [1.29, 1.82) is 0 Å². The maximum atomic E-state index is 11.9. The van der Waals surface area contributed by atoms with Crippen LogP contribution in [-0.4, -0.2) is 35.6 Å². The molecule has 1 amide bonds. The predicted octanol–water partition coefficient (Wildman–Crippen LogP) is 8.43. The van der Waals surface area contributed by atoms with Crippen LogP contribution >= 0.6 is 11.8 Å². The highest BCUT2D eigenvalue weighted by Crippen LogP contribution is 2.37. The fourth-order valence-electron chi connectivity index (χ4n) is 4.84. The van der Waals surface area contributed by atoms with E-state index >= 15 is 0 Å². The smallest absolute Gasteiger partial charge is 0.407 e. The predicted molar refractivity (Wildman–Crippen MR) is 173 cm³/mol. The van der Waals surface area contributed by atoms with Crippen LogP contribution in [0.15, 0.2) is 108 Å². The van der Waals surface area contributed by atoms with E-state index in [0.29, 0.717) is 5.75 Å². The number of furan rings is 1. The molecular weight excluding hydrogens is 558 g/mol. The molecule has 0 aliphatic heterocycles. The summed E-state index contributed by atoms with van der Waals surface area (Å²) >= 11 is 1.45. The zero-order valence-electron chi connectivity index (χ0n) is 24.3. The normalized spacial score (nSPS) is 11.9. The molecular formula is C36H35NO5S. The lowest BCUT2D eigenvalue weighted by atomic mass is 9.96. The van der Waals surface area contributed by atoms with E-state index in [1.807, 2.05) is 50.2 Å². The van der Waals surface area contributed by atoms with Crippen molar-refractivity contribution < 1.29 is 23.8 Å². The average molecular weight is 594 g/mol. The largest absolute Gasteiger partial charge is 0.480 e. The van der Waals surface area contributed by atoms with Crippen LogP contribution in [0, 0.1) is 5.92 Å². The Kier molecular flexibility index (Phi) is 9.84. The molecule has 1 aromatic heterocycles. The molecule has 0 unspecified atom stereocenters. The van der Waals surface area contributed by atoms with Crippen molar-refractivity contribution in [1.82, 2.24) is 5.32 Å². The van der Waals surface area contributed by atoms with Gasteiger partial charge in [-0.1, -0.05) is 111 Å². The van der Waals surface area contributed by atoms with E-state index in [1.54, 1.807) is 0 Å².